The number of urea groups is 1. The second-order valence-electron chi connectivity index (χ2n) is 11.4. The number of hydrogen-bond acceptors (Lipinski definition) is 4. The van der Waals surface area contributed by atoms with Gasteiger partial charge in [0.1, 0.15) is 11.8 Å². The van der Waals surface area contributed by atoms with E-state index >= 15 is 0 Å². The Kier molecular flexibility index (Phi) is 9.12. The number of rotatable bonds is 9. The Morgan fingerprint density at radius 3 is 2.52 bits per heavy atom. The van der Waals surface area contributed by atoms with Crippen molar-refractivity contribution in [1.82, 2.24) is 20.1 Å². The van der Waals surface area contributed by atoms with Crippen LogP contribution >= 0.6 is 0 Å². The standard InChI is InChI=1S/C34H41N5O3/c1-23(29-21-35-30-14-7-5-13-28(29)30)32(33(40)36-26-11-9-10-24(20-26)22-38(2)3)37-34(41)39-18-16-25(17-19-39)27-12-6-8-15-31(27)42-4/h5-15,20-21,23,25,32,35H,16-19,22H2,1-4H3,(H,36,40)(H,37,41). The highest BCUT2D eigenvalue weighted by molar-refractivity contribution is 5.98. The molecule has 8 heteroatoms. The third kappa shape index (κ3) is 6.60. The van der Waals surface area contributed by atoms with Crippen molar-refractivity contribution in [3.8, 4) is 5.75 Å². The zero-order chi connectivity index (χ0) is 29.6. The topological polar surface area (TPSA) is 89.7 Å². The van der Waals surface area contributed by atoms with Gasteiger partial charge in [-0.3, -0.25) is 4.79 Å². The fraction of sp³-hybridized carbons (Fsp3) is 0.353. The first kappa shape index (κ1) is 29.2. The predicted molar refractivity (Wildman–Crippen MR) is 168 cm³/mol. The van der Waals surface area contributed by atoms with Crippen LogP contribution < -0.4 is 15.4 Å². The Hall–Kier alpha value is -4.30. The molecule has 0 radical (unpaired) electrons. The number of methoxy groups -OCH3 is 1. The Balaban J connectivity index is 1.33. The summed E-state index contributed by atoms with van der Waals surface area (Å²) < 4.78 is 5.58. The number of likely N-dealkylation sites (tertiary alicyclic amines) is 1. The van der Waals surface area contributed by atoms with Gasteiger partial charge in [0.05, 0.1) is 7.11 Å². The fourth-order valence-electron chi connectivity index (χ4n) is 6.02. The summed E-state index contributed by atoms with van der Waals surface area (Å²) >= 11 is 0. The average molecular weight is 568 g/mol. The molecule has 0 saturated carbocycles. The number of aromatic nitrogens is 1. The maximum Gasteiger partial charge on any atom is 0.318 e. The largest absolute Gasteiger partial charge is 0.496 e. The van der Waals surface area contributed by atoms with Crippen molar-refractivity contribution in [2.24, 2.45) is 0 Å². The van der Waals surface area contributed by atoms with Crippen molar-refractivity contribution in [3.05, 3.63) is 95.7 Å². The van der Waals surface area contributed by atoms with Crippen molar-refractivity contribution in [2.45, 2.75) is 44.2 Å². The summed E-state index contributed by atoms with van der Waals surface area (Å²) in [5.41, 5.74) is 4.98. The molecule has 5 rings (SSSR count). The Morgan fingerprint density at radius 1 is 1.02 bits per heavy atom. The molecular weight excluding hydrogens is 526 g/mol. The number of para-hydroxylation sites is 2. The second-order valence-corrected chi connectivity index (χ2v) is 11.4. The number of ether oxygens (including phenoxy) is 1. The summed E-state index contributed by atoms with van der Waals surface area (Å²) in [7, 11) is 5.72. The van der Waals surface area contributed by atoms with Crippen LogP contribution in [-0.4, -0.2) is 67.1 Å². The van der Waals surface area contributed by atoms with Gasteiger partial charge in [-0.25, -0.2) is 4.79 Å². The molecule has 3 amide bonds. The number of amides is 3. The van der Waals surface area contributed by atoms with E-state index in [1.807, 2.05) is 98.8 Å². The number of nitrogens with one attached hydrogen (secondary N) is 3. The first-order valence-electron chi connectivity index (χ1n) is 14.6. The number of aromatic amines is 1. The van der Waals surface area contributed by atoms with Crippen molar-refractivity contribution in [3.63, 3.8) is 0 Å². The van der Waals surface area contributed by atoms with Crippen LogP contribution in [0.5, 0.6) is 5.75 Å². The number of benzene rings is 3. The average Bonchev–Trinajstić information content (AvgIpc) is 3.43. The zero-order valence-electron chi connectivity index (χ0n) is 24.9. The summed E-state index contributed by atoms with van der Waals surface area (Å²) in [6.07, 6.45) is 3.61. The molecule has 42 heavy (non-hydrogen) atoms. The smallest absolute Gasteiger partial charge is 0.318 e. The molecule has 0 bridgehead atoms. The number of fused-ring (bicyclic) bond motifs is 1. The van der Waals surface area contributed by atoms with E-state index in [2.05, 4.69) is 26.6 Å². The summed E-state index contributed by atoms with van der Waals surface area (Å²) in [5.74, 6) is 0.691. The highest BCUT2D eigenvalue weighted by atomic mass is 16.5. The molecular formula is C34H41N5O3. The van der Waals surface area contributed by atoms with E-state index in [4.69, 9.17) is 4.74 Å². The van der Waals surface area contributed by atoms with Crippen LogP contribution in [-0.2, 0) is 11.3 Å². The summed E-state index contributed by atoms with van der Waals surface area (Å²) in [6.45, 7) is 3.98. The van der Waals surface area contributed by atoms with Crippen LogP contribution in [0.4, 0.5) is 10.5 Å². The van der Waals surface area contributed by atoms with Gasteiger partial charge in [0.25, 0.3) is 0 Å². The van der Waals surface area contributed by atoms with Gasteiger partial charge in [0.15, 0.2) is 0 Å². The lowest BCUT2D eigenvalue weighted by Crippen LogP contribution is -2.53. The summed E-state index contributed by atoms with van der Waals surface area (Å²) in [6, 6.07) is 23.0. The second kappa shape index (κ2) is 13.1. The van der Waals surface area contributed by atoms with Gasteiger partial charge in [0, 0.05) is 48.3 Å². The maximum atomic E-state index is 13.9. The lowest BCUT2D eigenvalue weighted by Gasteiger charge is -2.34. The predicted octanol–water partition coefficient (Wildman–Crippen LogP) is 5.94. The molecule has 2 atom stereocenters. The van der Waals surface area contributed by atoms with Gasteiger partial charge >= 0.3 is 6.03 Å². The highest BCUT2D eigenvalue weighted by Gasteiger charge is 2.33. The van der Waals surface area contributed by atoms with E-state index < -0.39 is 6.04 Å². The quantitative estimate of drug-likeness (QED) is 0.234. The van der Waals surface area contributed by atoms with Crippen molar-refractivity contribution in [1.29, 1.82) is 0 Å². The van der Waals surface area contributed by atoms with E-state index in [9.17, 15) is 9.59 Å². The molecule has 3 aromatic carbocycles. The molecule has 8 nitrogen and oxygen atoms in total. The van der Waals surface area contributed by atoms with E-state index in [1.54, 1.807) is 7.11 Å². The first-order valence-corrected chi connectivity index (χ1v) is 14.6. The fourth-order valence-corrected chi connectivity index (χ4v) is 6.02. The van der Waals surface area contributed by atoms with E-state index in [1.165, 1.54) is 5.56 Å². The Labute approximate surface area is 248 Å². The van der Waals surface area contributed by atoms with Crippen LogP contribution in [0, 0.1) is 0 Å². The number of anilines is 1. The summed E-state index contributed by atoms with van der Waals surface area (Å²) in [5, 5.41) is 7.24. The van der Waals surface area contributed by atoms with E-state index in [0.717, 1.165) is 47.2 Å². The minimum Gasteiger partial charge on any atom is -0.496 e. The van der Waals surface area contributed by atoms with Crippen molar-refractivity contribution >= 4 is 28.5 Å². The number of carbonyl (C=O) groups is 2. The molecule has 0 spiro atoms. The third-order valence-corrected chi connectivity index (χ3v) is 8.23. The van der Waals surface area contributed by atoms with Crippen LogP contribution in [0.2, 0.25) is 0 Å². The molecule has 4 aromatic rings. The molecule has 1 aliphatic heterocycles. The van der Waals surface area contributed by atoms with Gasteiger partial charge in [0.2, 0.25) is 5.91 Å². The van der Waals surface area contributed by atoms with E-state index in [0.29, 0.717) is 24.7 Å². The molecule has 1 aliphatic rings. The van der Waals surface area contributed by atoms with Gasteiger partial charge in [-0.1, -0.05) is 55.5 Å². The summed E-state index contributed by atoms with van der Waals surface area (Å²) in [4.78, 5) is 34.7. The van der Waals surface area contributed by atoms with Crippen molar-refractivity contribution < 1.29 is 14.3 Å². The van der Waals surface area contributed by atoms with Crippen LogP contribution in [0.25, 0.3) is 10.9 Å². The zero-order valence-corrected chi connectivity index (χ0v) is 24.9. The maximum absolute atomic E-state index is 13.9. The highest BCUT2D eigenvalue weighted by Crippen LogP contribution is 2.34. The van der Waals surface area contributed by atoms with Gasteiger partial charge in [-0.15, -0.1) is 0 Å². The van der Waals surface area contributed by atoms with Gasteiger partial charge in [-0.05, 0) is 73.8 Å². The molecule has 2 heterocycles. The third-order valence-electron chi connectivity index (χ3n) is 8.23. The van der Waals surface area contributed by atoms with Crippen LogP contribution in [0.1, 0.15) is 48.3 Å². The molecule has 3 N–H and O–H groups in total. The minimum absolute atomic E-state index is 0.221. The molecule has 1 fully saturated rings. The normalized spacial score (nSPS) is 15.4. The number of piperidine rings is 1. The number of nitrogens with zero attached hydrogens (tertiary/aromatic N) is 2. The molecule has 2 unspecified atom stereocenters. The first-order chi connectivity index (χ1) is 20.3. The molecule has 0 aliphatic carbocycles. The van der Waals surface area contributed by atoms with Crippen LogP contribution in [0.15, 0.2) is 79.0 Å². The van der Waals surface area contributed by atoms with Crippen LogP contribution in [0.3, 0.4) is 0 Å². The van der Waals surface area contributed by atoms with Crippen molar-refractivity contribution in [2.75, 3.05) is 39.6 Å². The Bertz CT molecular complexity index is 1520. The number of hydrogen-bond donors (Lipinski definition) is 3. The Morgan fingerprint density at radius 2 is 1.76 bits per heavy atom. The van der Waals surface area contributed by atoms with Gasteiger partial charge in [-0.2, -0.15) is 0 Å². The minimum atomic E-state index is -0.777. The molecule has 220 valence electrons. The number of carbonyl (C=O) groups excluding carboxylic acids is 2. The molecule has 1 aromatic heterocycles. The SMILES string of the molecule is COc1ccccc1C1CCN(C(=O)NC(C(=O)Nc2cccc(CN(C)C)c2)C(C)c2c[nH]c3ccccc23)CC1. The van der Waals surface area contributed by atoms with Gasteiger partial charge < -0.3 is 30.2 Å². The number of H-pyrrole nitrogens is 1. The van der Waals surface area contributed by atoms with E-state index in [-0.39, 0.29) is 17.9 Å². The molecule has 1 saturated heterocycles. The lowest BCUT2D eigenvalue weighted by atomic mass is 9.89. The monoisotopic (exact) mass is 567 g/mol. The lowest BCUT2D eigenvalue weighted by molar-refractivity contribution is -0.118.